The molecule has 0 spiro atoms. The first-order valence-corrected chi connectivity index (χ1v) is 30.3. The van der Waals surface area contributed by atoms with Crippen molar-refractivity contribution in [3.8, 4) is 0 Å². The van der Waals surface area contributed by atoms with Gasteiger partial charge in [0.25, 0.3) is 0 Å². The normalized spacial score (nSPS) is 12.4. The lowest BCUT2D eigenvalue weighted by Gasteiger charge is -2.18. The molecule has 0 N–H and O–H groups in total. The third kappa shape index (κ3) is 56.0. The van der Waals surface area contributed by atoms with Gasteiger partial charge in [0.2, 0.25) is 0 Å². The van der Waals surface area contributed by atoms with Crippen LogP contribution in [0.25, 0.3) is 0 Å². The van der Waals surface area contributed by atoms with Crippen molar-refractivity contribution in [2.45, 2.75) is 316 Å². The second kappa shape index (κ2) is 58.7. The Labute approximate surface area is 434 Å². The topological polar surface area (TPSA) is 78.9 Å². The van der Waals surface area contributed by atoms with Crippen LogP contribution in [0.1, 0.15) is 310 Å². The number of carbonyl (C=O) groups excluding carboxylic acids is 3. The molecule has 0 aromatic rings. The summed E-state index contributed by atoms with van der Waals surface area (Å²) in [5, 5.41) is 0. The maximum Gasteiger partial charge on any atom is 0.306 e. The van der Waals surface area contributed by atoms with E-state index in [0.29, 0.717) is 19.3 Å². The zero-order valence-corrected chi connectivity index (χ0v) is 46.5. The highest BCUT2D eigenvalue weighted by Gasteiger charge is 2.19. The molecule has 6 heteroatoms. The molecule has 1 atom stereocenters. The molecule has 70 heavy (non-hydrogen) atoms. The number of hydrogen-bond donors (Lipinski definition) is 0. The van der Waals surface area contributed by atoms with E-state index < -0.39 is 6.10 Å². The van der Waals surface area contributed by atoms with E-state index in [9.17, 15) is 14.4 Å². The molecule has 0 aliphatic rings. The Morgan fingerprint density at radius 1 is 0.300 bits per heavy atom. The van der Waals surface area contributed by atoms with Crippen LogP contribution < -0.4 is 0 Å². The summed E-state index contributed by atoms with van der Waals surface area (Å²) in [5.41, 5.74) is 0. The number of carbonyl (C=O) groups is 3. The highest BCUT2D eigenvalue weighted by molar-refractivity contribution is 5.71. The summed E-state index contributed by atoms with van der Waals surface area (Å²) >= 11 is 0. The molecule has 0 aliphatic heterocycles. The summed E-state index contributed by atoms with van der Waals surface area (Å²) in [6.07, 6.45) is 74.2. The van der Waals surface area contributed by atoms with E-state index in [-0.39, 0.29) is 31.1 Å². The first-order chi connectivity index (χ1) is 34.5. The van der Waals surface area contributed by atoms with Gasteiger partial charge < -0.3 is 14.2 Å². The fraction of sp³-hybridized carbons (Fsp3) is 0.797. The second-order valence-electron chi connectivity index (χ2n) is 20.2. The van der Waals surface area contributed by atoms with Gasteiger partial charge in [0, 0.05) is 19.3 Å². The first-order valence-electron chi connectivity index (χ1n) is 30.3. The Morgan fingerprint density at radius 2 is 0.557 bits per heavy atom. The summed E-state index contributed by atoms with van der Waals surface area (Å²) < 4.78 is 16.7. The molecule has 0 rings (SSSR count). The van der Waals surface area contributed by atoms with E-state index in [1.807, 2.05) is 0 Å². The number of hydrogen-bond acceptors (Lipinski definition) is 6. The highest BCUT2D eigenvalue weighted by atomic mass is 16.6. The summed E-state index contributed by atoms with van der Waals surface area (Å²) in [6, 6.07) is 0. The van der Waals surface area contributed by atoms with Gasteiger partial charge in [-0.05, 0) is 64.2 Å². The molecular weight excluding hydrogens is 865 g/mol. The third-order valence-electron chi connectivity index (χ3n) is 13.3. The molecule has 0 aromatic carbocycles. The predicted octanol–water partition coefficient (Wildman–Crippen LogP) is 20.4. The van der Waals surface area contributed by atoms with Gasteiger partial charge in [-0.2, -0.15) is 0 Å². The van der Waals surface area contributed by atoms with E-state index in [0.717, 1.165) is 89.9 Å². The summed E-state index contributed by atoms with van der Waals surface area (Å²) in [7, 11) is 0. The van der Waals surface area contributed by atoms with Crippen molar-refractivity contribution in [2.75, 3.05) is 13.2 Å². The molecule has 0 aliphatic carbocycles. The second-order valence-corrected chi connectivity index (χ2v) is 20.2. The minimum atomic E-state index is -0.764. The van der Waals surface area contributed by atoms with Crippen LogP contribution in [0.4, 0.5) is 0 Å². The average Bonchev–Trinajstić information content (AvgIpc) is 3.36. The third-order valence-corrected chi connectivity index (χ3v) is 13.3. The molecule has 0 radical (unpaired) electrons. The van der Waals surface area contributed by atoms with Crippen molar-refractivity contribution in [2.24, 2.45) is 0 Å². The molecule has 0 heterocycles. The Balaban J connectivity index is 3.87. The molecule has 1 unspecified atom stereocenters. The van der Waals surface area contributed by atoms with Crippen LogP contribution in [0.15, 0.2) is 60.8 Å². The minimum Gasteiger partial charge on any atom is -0.462 e. The van der Waals surface area contributed by atoms with E-state index in [1.165, 1.54) is 180 Å². The summed E-state index contributed by atoms with van der Waals surface area (Å²) in [4.78, 5) is 37.8. The largest absolute Gasteiger partial charge is 0.462 e. The van der Waals surface area contributed by atoms with Gasteiger partial charge in [0.05, 0.1) is 0 Å². The molecule has 0 fully saturated rings. The molecule has 406 valence electrons. The van der Waals surface area contributed by atoms with Crippen LogP contribution in [-0.4, -0.2) is 37.2 Å². The van der Waals surface area contributed by atoms with Crippen molar-refractivity contribution in [3.05, 3.63) is 60.8 Å². The SMILES string of the molecule is CC/C=C\C/C=C\C/C=C\C/C=C\C/C=C\CCCCCCCCCCCCCCCCCCCCCC(=O)OCC(COC(=O)CCCCCCCC)OC(=O)CCCCCCCCCCCCC. The molecule has 0 saturated carbocycles. The van der Waals surface area contributed by atoms with Crippen molar-refractivity contribution < 1.29 is 28.6 Å². The number of ether oxygens (including phenoxy) is 3. The molecule has 6 nitrogen and oxygen atoms in total. The van der Waals surface area contributed by atoms with Crippen LogP contribution >= 0.6 is 0 Å². The van der Waals surface area contributed by atoms with Gasteiger partial charge in [-0.15, -0.1) is 0 Å². The van der Waals surface area contributed by atoms with Crippen molar-refractivity contribution in [1.29, 1.82) is 0 Å². The standard InChI is InChI=1S/C64H114O6/c1-4-7-10-13-16-18-20-21-22-23-24-25-26-27-28-29-30-31-32-33-34-35-36-37-38-39-40-41-42-43-45-46-48-51-54-57-63(66)69-60-61(59-68-62(65)56-53-50-15-12-9-6-3)70-64(67)58-55-52-49-47-44-19-17-14-11-8-5-2/h7,10,16,18,21-22,24-25,27-28,61H,4-6,8-9,11-15,17,19-20,23,26,29-60H2,1-3H3/b10-7-,18-16-,22-21-,25-24-,28-27-. The van der Waals surface area contributed by atoms with E-state index >= 15 is 0 Å². The first kappa shape index (κ1) is 67.1. The Hall–Kier alpha value is -2.89. The maximum atomic E-state index is 12.7. The minimum absolute atomic E-state index is 0.0680. The Morgan fingerprint density at radius 3 is 0.871 bits per heavy atom. The van der Waals surface area contributed by atoms with Crippen LogP contribution in [0.5, 0.6) is 0 Å². The molecule has 0 bridgehead atoms. The van der Waals surface area contributed by atoms with Gasteiger partial charge in [-0.3, -0.25) is 14.4 Å². The van der Waals surface area contributed by atoms with Gasteiger partial charge in [0.1, 0.15) is 13.2 Å². The van der Waals surface area contributed by atoms with E-state index in [1.54, 1.807) is 0 Å². The lowest BCUT2D eigenvalue weighted by molar-refractivity contribution is -0.167. The van der Waals surface area contributed by atoms with E-state index in [4.69, 9.17) is 14.2 Å². The summed E-state index contributed by atoms with van der Waals surface area (Å²) in [5.74, 6) is -0.865. The van der Waals surface area contributed by atoms with Crippen LogP contribution in [-0.2, 0) is 28.6 Å². The van der Waals surface area contributed by atoms with Crippen LogP contribution in [0.2, 0.25) is 0 Å². The monoisotopic (exact) mass is 979 g/mol. The summed E-state index contributed by atoms with van der Waals surface area (Å²) in [6.45, 7) is 6.48. The Kier molecular flexibility index (Phi) is 56.3. The number of esters is 3. The lowest BCUT2D eigenvalue weighted by atomic mass is 10.0. The van der Waals surface area contributed by atoms with Crippen molar-refractivity contribution in [1.82, 2.24) is 0 Å². The fourth-order valence-corrected chi connectivity index (χ4v) is 8.77. The van der Waals surface area contributed by atoms with Gasteiger partial charge in [-0.25, -0.2) is 0 Å². The predicted molar refractivity (Wildman–Crippen MR) is 302 cm³/mol. The van der Waals surface area contributed by atoms with Gasteiger partial charge in [-0.1, -0.05) is 287 Å². The van der Waals surface area contributed by atoms with Gasteiger partial charge >= 0.3 is 17.9 Å². The zero-order chi connectivity index (χ0) is 50.7. The molecular formula is C64H114O6. The maximum absolute atomic E-state index is 12.7. The average molecular weight is 980 g/mol. The van der Waals surface area contributed by atoms with E-state index in [2.05, 4.69) is 81.5 Å². The zero-order valence-electron chi connectivity index (χ0n) is 46.5. The Bertz CT molecular complexity index is 1260. The lowest BCUT2D eigenvalue weighted by Crippen LogP contribution is -2.30. The number of rotatable bonds is 55. The molecule has 0 aromatic heterocycles. The van der Waals surface area contributed by atoms with Crippen LogP contribution in [0, 0.1) is 0 Å². The van der Waals surface area contributed by atoms with Crippen molar-refractivity contribution in [3.63, 3.8) is 0 Å². The quantitative estimate of drug-likeness (QED) is 0.0261. The molecule has 0 saturated heterocycles. The fourth-order valence-electron chi connectivity index (χ4n) is 8.77. The number of unbranched alkanes of at least 4 members (excludes halogenated alkanes) is 34. The smallest absolute Gasteiger partial charge is 0.306 e. The van der Waals surface area contributed by atoms with Crippen molar-refractivity contribution >= 4 is 17.9 Å². The highest BCUT2D eigenvalue weighted by Crippen LogP contribution is 2.17. The molecule has 0 amide bonds. The van der Waals surface area contributed by atoms with Crippen LogP contribution in [0.3, 0.4) is 0 Å². The number of allylic oxidation sites excluding steroid dienone is 10. The van der Waals surface area contributed by atoms with Gasteiger partial charge in [0.15, 0.2) is 6.10 Å².